The van der Waals surface area contributed by atoms with Crippen LogP contribution >= 0.6 is 11.6 Å². The first kappa shape index (κ1) is 17.1. The Kier molecular flexibility index (Phi) is 5.34. The summed E-state index contributed by atoms with van der Waals surface area (Å²) in [5.74, 6) is 0.208. The van der Waals surface area contributed by atoms with Gasteiger partial charge in [-0.2, -0.15) is 0 Å². The Hall–Kier alpha value is -1.27. The van der Waals surface area contributed by atoms with Gasteiger partial charge in [0.1, 0.15) is 0 Å². The molecule has 0 aromatic heterocycles. The van der Waals surface area contributed by atoms with Gasteiger partial charge < -0.3 is 10.2 Å². The molecule has 1 unspecified atom stereocenters. The van der Waals surface area contributed by atoms with E-state index in [1.165, 1.54) is 0 Å². The van der Waals surface area contributed by atoms with Gasteiger partial charge in [0.15, 0.2) is 9.84 Å². The summed E-state index contributed by atoms with van der Waals surface area (Å²) in [5, 5.41) is 3.88. The van der Waals surface area contributed by atoms with E-state index in [0.29, 0.717) is 24.4 Å². The molecular formula is C15H21ClN2O3S. The summed E-state index contributed by atoms with van der Waals surface area (Å²) in [4.78, 5) is 13.7. The van der Waals surface area contributed by atoms with E-state index in [2.05, 4.69) is 5.32 Å². The predicted octanol–water partition coefficient (Wildman–Crippen LogP) is 2.10. The van der Waals surface area contributed by atoms with Crippen LogP contribution in [0.15, 0.2) is 18.2 Å². The van der Waals surface area contributed by atoms with E-state index in [0.717, 1.165) is 11.3 Å². The van der Waals surface area contributed by atoms with Crippen molar-refractivity contribution in [1.82, 2.24) is 4.90 Å². The average molecular weight is 345 g/mol. The molecule has 1 N–H and O–H groups in total. The van der Waals surface area contributed by atoms with Crippen molar-refractivity contribution in [3.05, 3.63) is 28.8 Å². The average Bonchev–Trinajstić information content (AvgIpc) is 2.82. The Morgan fingerprint density at radius 3 is 2.82 bits per heavy atom. The van der Waals surface area contributed by atoms with Crippen molar-refractivity contribution in [3.8, 4) is 0 Å². The quantitative estimate of drug-likeness (QED) is 0.888. The number of sulfone groups is 1. The molecule has 0 radical (unpaired) electrons. The fourth-order valence-corrected chi connectivity index (χ4v) is 4.51. The van der Waals surface area contributed by atoms with Crippen molar-refractivity contribution in [2.45, 2.75) is 25.8 Å². The van der Waals surface area contributed by atoms with Crippen LogP contribution in [0.4, 0.5) is 5.69 Å². The molecule has 1 amide bonds. The molecule has 1 aliphatic rings. The Bertz CT molecular complexity index is 661. The molecule has 0 saturated carbocycles. The number of carbonyl (C=O) groups is 1. The molecule has 1 saturated heterocycles. The van der Waals surface area contributed by atoms with Gasteiger partial charge in [-0.25, -0.2) is 8.42 Å². The molecule has 1 atom stereocenters. The highest BCUT2D eigenvalue weighted by molar-refractivity contribution is 7.91. The summed E-state index contributed by atoms with van der Waals surface area (Å²) in [6.45, 7) is 2.41. The number of halogens is 1. The van der Waals surface area contributed by atoms with Gasteiger partial charge in [-0.15, -0.1) is 0 Å². The number of carbonyl (C=O) groups excluding carboxylic acids is 1. The topological polar surface area (TPSA) is 66.5 Å². The third-order valence-electron chi connectivity index (χ3n) is 4.07. The zero-order valence-corrected chi connectivity index (χ0v) is 14.4. The summed E-state index contributed by atoms with van der Waals surface area (Å²) < 4.78 is 22.9. The smallest absolute Gasteiger partial charge is 0.224 e. The lowest BCUT2D eigenvalue weighted by atomic mass is 10.2. The fraction of sp³-hybridized carbons (Fsp3) is 0.533. The molecule has 1 aromatic carbocycles. The van der Waals surface area contributed by atoms with E-state index in [-0.39, 0.29) is 23.5 Å². The normalized spacial score (nSPS) is 19.9. The minimum atomic E-state index is -2.97. The molecule has 7 heteroatoms. The summed E-state index contributed by atoms with van der Waals surface area (Å²) in [6.07, 6.45) is 0.852. The number of nitrogens with one attached hydrogen (secondary N) is 1. The second-order valence-electron chi connectivity index (χ2n) is 5.65. The van der Waals surface area contributed by atoms with E-state index < -0.39 is 9.84 Å². The number of nitrogens with zero attached hydrogens (tertiary/aromatic N) is 1. The standard InChI is InChI=1S/C15H21ClN2O3S/c1-11-13(16)4-3-5-14(11)17-8-6-15(19)18(2)12-7-9-22(20,21)10-12/h3-5,12,17H,6-10H2,1-2H3. The molecular weight excluding hydrogens is 324 g/mol. The highest BCUT2D eigenvalue weighted by Gasteiger charge is 2.32. The Labute approximate surface area is 136 Å². The molecule has 2 rings (SSSR count). The zero-order valence-electron chi connectivity index (χ0n) is 12.8. The highest BCUT2D eigenvalue weighted by Crippen LogP contribution is 2.23. The lowest BCUT2D eigenvalue weighted by Crippen LogP contribution is -2.38. The first-order valence-corrected chi connectivity index (χ1v) is 9.45. The summed E-state index contributed by atoms with van der Waals surface area (Å²) in [7, 11) is -1.29. The van der Waals surface area contributed by atoms with Crippen molar-refractivity contribution in [1.29, 1.82) is 0 Å². The SMILES string of the molecule is Cc1c(Cl)cccc1NCCC(=O)N(C)C1CCS(=O)(=O)C1. The third kappa shape index (κ3) is 4.14. The maximum atomic E-state index is 12.1. The Morgan fingerprint density at radius 2 is 2.18 bits per heavy atom. The second kappa shape index (κ2) is 6.87. The molecule has 0 bridgehead atoms. The van der Waals surface area contributed by atoms with Crippen LogP contribution in [0.1, 0.15) is 18.4 Å². The molecule has 1 aliphatic heterocycles. The van der Waals surface area contributed by atoms with Gasteiger partial charge >= 0.3 is 0 Å². The van der Waals surface area contributed by atoms with Gasteiger partial charge in [0.05, 0.1) is 11.5 Å². The molecule has 122 valence electrons. The number of amides is 1. The lowest BCUT2D eigenvalue weighted by Gasteiger charge is -2.23. The number of hydrogen-bond donors (Lipinski definition) is 1. The first-order valence-electron chi connectivity index (χ1n) is 7.25. The Morgan fingerprint density at radius 1 is 1.45 bits per heavy atom. The van der Waals surface area contributed by atoms with Gasteiger partial charge in [0.25, 0.3) is 0 Å². The van der Waals surface area contributed by atoms with Crippen molar-refractivity contribution in [3.63, 3.8) is 0 Å². The van der Waals surface area contributed by atoms with Crippen molar-refractivity contribution in [2.75, 3.05) is 30.4 Å². The lowest BCUT2D eigenvalue weighted by molar-refractivity contribution is -0.131. The molecule has 1 heterocycles. The van der Waals surface area contributed by atoms with Crippen LogP contribution < -0.4 is 5.32 Å². The summed E-state index contributed by atoms with van der Waals surface area (Å²) in [5.41, 5.74) is 1.86. The van der Waals surface area contributed by atoms with Crippen LogP contribution in [0.3, 0.4) is 0 Å². The Balaban J connectivity index is 1.84. The van der Waals surface area contributed by atoms with Crippen LogP contribution in [-0.4, -0.2) is 50.4 Å². The van der Waals surface area contributed by atoms with Crippen molar-refractivity contribution < 1.29 is 13.2 Å². The number of benzene rings is 1. The maximum Gasteiger partial charge on any atom is 0.224 e. The maximum absolute atomic E-state index is 12.1. The van der Waals surface area contributed by atoms with Crippen LogP contribution in [0.2, 0.25) is 5.02 Å². The molecule has 22 heavy (non-hydrogen) atoms. The van der Waals surface area contributed by atoms with Crippen LogP contribution in [0.25, 0.3) is 0 Å². The highest BCUT2D eigenvalue weighted by atomic mass is 35.5. The van der Waals surface area contributed by atoms with E-state index in [1.54, 1.807) is 11.9 Å². The van der Waals surface area contributed by atoms with Crippen LogP contribution in [0.5, 0.6) is 0 Å². The fourth-order valence-electron chi connectivity index (χ4n) is 2.56. The number of hydrogen-bond acceptors (Lipinski definition) is 4. The summed E-state index contributed by atoms with van der Waals surface area (Å²) >= 11 is 6.05. The van der Waals surface area contributed by atoms with Gasteiger partial charge in [-0.05, 0) is 31.0 Å². The van der Waals surface area contributed by atoms with Crippen molar-refractivity contribution in [2.24, 2.45) is 0 Å². The molecule has 1 fully saturated rings. The first-order chi connectivity index (χ1) is 10.3. The summed E-state index contributed by atoms with van der Waals surface area (Å²) in [6, 6.07) is 5.40. The molecule has 0 spiro atoms. The van der Waals surface area contributed by atoms with Gasteiger partial charge in [0.2, 0.25) is 5.91 Å². The van der Waals surface area contributed by atoms with Crippen LogP contribution in [-0.2, 0) is 14.6 Å². The van der Waals surface area contributed by atoms with Gasteiger partial charge in [0, 0.05) is 36.8 Å². The number of rotatable bonds is 5. The second-order valence-corrected chi connectivity index (χ2v) is 8.29. The molecule has 1 aromatic rings. The van der Waals surface area contributed by atoms with E-state index in [1.807, 2.05) is 25.1 Å². The third-order valence-corrected chi connectivity index (χ3v) is 6.23. The number of anilines is 1. The molecule has 5 nitrogen and oxygen atoms in total. The zero-order chi connectivity index (χ0) is 16.3. The minimum absolute atomic E-state index is 0.0470. The predicted molar refractivity (Wildman–Crippen MR) is 89.1 cm³/mol. The van der Waals surface area contributed by atoms with Gasteiger partial charge in [-0.3, -0.25) is 4.79 Å². The van der Waals surface area contributed by atoms with Gasteiger partial charge in [-0.1, -0.05) is 17.7 Å². The van der Waals surface area contributed by atoms with Crippen LogP contribution in [0, 0.1) is 6.92 Å². The van der Waals surface area contributed by atoms with E-state index in [9.17, 15) is 13.2 Å². The minimum Gasteiger partial charge on any atom is -0.384 e. The van der Waals surface area contributed by atoms with Crippen molar-refractivity contribution >= 4 is 33.0 Å². The van der Waals surface area contributed by atoms with E-state index in [4.69, 9.17) is 11.6 Å². The molecule has 0 aliphatic carbocycles. The van der Waals surface area contributed by atoms with E-state index >= 15 is 0 Å². The largest absolute Gasteiger partial charge is 0.384 e. The monoisotopic (exact) mass is 344 g/mol.